The van der Waals surface area contributed by atoms with Crippen molar-refractivity contribution in [3.05, 3.63) is 70.5 Å². The lowest BCUT2D eigenvalue weighted by molar-refractivity contribution is 0.0950. The fraction of sp³-hybridized carbons (Fsp3) is 0.0625. The number of thiazole rings is 1. The van der Waals surface area contributed by atoms with Crippen LogP contribution in [0, 0.1) is 0 Å². The quantitative estimate of drug-likeness (QED) is 0.792. The SMILES string of the molecule is O=C(NCc1csc(-c2cccnc2)n1)c1ccc(Cl)cc1. The van der Waals surface area contributed by atoms with Crippen LogP contribution in [0.15, 0.2) is 54.2 Å². The van der Waals surface area contributed by atoms with Gasteiger partial charge >= 0.3 is 0 Å². The van der Waals surface area contributed by atoms with Crippen LogP contribution in [-0.4, -0.2) is 15.9 Å². The van der Waals surface area contributed by atoms with Crippen molar-refractivity contribution in [2.45, 2.75) is 6.54 Å². The van der Waals surface area contributed by atoms with Crippen molar-refractivity contribution in [2.75, 3.05) is 0 Å². The Hall–Kier alpha value is -2.24. The maximum atomic E-state index is 12.0. The standard InChI is InChI=1S/C16H12ClN3OS/c17-13-5-3-11(4-6-13)15(21)19-9-14-10-22-16(20-14)12-2-1-7-18-8-12/h1-8,10H,9H2,(H,19,21). The molecule has 0 aliphatic rings. The average molecular weight is 330 g/mol. The Kier molecular flexibility index (Phi) is 4.46. The van der Waals surface area contributed by atoms with Crippen molar-refractivity contribution in [2.24, 2.45) is 0 Å². The number of carbonyl (C=O) groups is 1. The number of hydrogen-bond donors (Lipinski definition) is 1. The Balaban J connectivity index is 1.64. The van der Waals surface area contributed by atoms with Crippen LogP contribution in [0.25, 0.3) is 10.6 Å². The minimum Gasteiger partial charge on any atom is -0.346 e. The summed E-state index contributed by atoms with van der Waals surface area (Å²) in [6, 6.07) is 10.6. The van der Waals surface area contributed by atoms with E-state index in [1.54, 1.807) is 36.7 Å². The van der Waals surface area contributed by atoms with Crippen LogP contribution in [0.2, 0.25) is 5.02 Å². The molecule has 22 heavy (non-hydrogen) atoms. The average Bonchev–Trinajstić information content (AvgIpc) is 3.03. The third-order valence-electron chi connectivity index (χ3n) is 3.00. The highest BCUT2D eigenvalue weighted by atomic mass is 35.5. The summed E-state index contributed by atoms with van der Waals surface area (Å²) in [6.45, 7) is 0.387. The molecule has 0 spiro atoms. The fourth-order valence-corrected chi connectivity index (χ4v) is 2.82. The minimum atomic E-state index is -0.146. The lowest BCUT2D eigenvalue weighted by atomic mass is 10.2. The summed E-state index contributed by atoms with van der Waals surface area (Å²) in [5.74, 6) is -0.146. The summed E-state index contributed by atoms with van der Waals surface area (Å²) in [4.78, 5) is 20.6. The van der Waals surface area contributed by atoms with E-state index in [9.17, 15) is 4.79 Å². The Morgan fingerprint density at radius 3 is 2.77 bits per heavy atom. The lowest BCUT2D eigenvalue weighted by Gasteiger charge is -2.03. The van der Waals surface area contributed by atoms with Crippen molar-refractivity contribution in [3.8, 4) is 10.6 Å². The van der Waals surface area contributed by atoms with E-state index < -0.39 is 0 Å². The van der Waals surface area contributed by atoms with Gasteiger partial charge in [-0.3, -0.25) is 9.78 Å². The molecule has 0 saturated carbocycles. The van der Waals surface area contributed by atoms with Gasteiger partial charge in [0.15, 0.2) is 0 Å². The zero-order valence-corrected chi connectivity index (χ0v) is 13.1. The van der Waals surface area contributed by atoms with Gasteiger partial charge in [0.2, 0.25) is 0 Å². The monoisotopic (exact) mass is 329 g/mol. The molecule has 0 unspecified atom stereocenters. The molecular formula is C16H12ClN3OS. The van der Waals surface area contributed by atoms with Gasteiger partial charge in [0.05, 0.1) is 12.2 Å². The summed E-state index contributed by atoms with van der Waals surface area (Å²) in [5, 5.41) is 6.28. The van der Waals surface area contributed by atoms with E-state index in [4.69, 9.17) is 11.6 Å². The molecule has 4 nitrogen and oxygen atoms in total. The van der Waals surface area contributed by atoms with Crippen molar-refractivity contribution in [1.29, 1.82) is 0 Å². The molecule has 0 aliphatic carbocycles. The number of benzene rings is 1. The van der Waals surface area contributed by atoms with E-state index in [2.05, 4.69) is 15.3 Å². The summed E-state index contributed by atoms with van der Waals surface area (Å²) in [7, 11) is 0. The van der Waals surface area contributed by atoms with E-state index in [1.807, 2.05) is 17.5 Å². The van der Waals surface area contributed by atoms with Gasteiger partial charge in [-0.2, -0.15) is 0 Å². The number of amides is 1. The first-order valence-electron chi connectivity index (χ1n) is 6.61. The first kappa shape index (κ1) is 14.7. The van der Waals surface area contributed by atoms with E-state index in [0.717, 1.165) is 16.3 Å². The first-order valence-corrected chi connectivity index (χ1v) is 7.87. The van der Waals surface area contributed by atoms with Crippen LogP contribution in [0.1, 0.15) is 16.1 Å². The minimum absolute atomic E-state index is 0.146. The molecule has 0 saturated heterocycles. The van der Waals surface area contributed by atoms with Gasteiger partial charge in [0, 0.05) is 33.9 Å². The first-order chi connectivity index (χ1) is 10.7. The second-order valence-electron chi connectivity index (χ2n) is 4.58. The van der Waals surface area contributed by atoms with Crippen molar-refractivity contribution in [3.63, 3.8) is 0 Å². The molecule has 1 N–H and O–H groups in total. The molecule has 0 radical (unpaired) electrons. The molecule has 0 aliphatic heterocycles. The summed E-state index contributed by atoms with van der Waals surface area (Å²) < 4.78 is 0. The van der Waals surface area contributed by atoms with Crippen LogP contribution in [0.3, 0.4) is 0 Å². The molecule has 0 atom stereocenters. The number of aromatic nitrogens is 2. The van der Waals surface area contributed by atoms with Crippen molar-refractivity contribution < 1.29 is 4.79 Å². The van der Waals surface area contributed by atoms with Gasteiger partial charge in [-0.15, -0.1) is 11.3 Å². The molecule has 110 valence electrons. The van der Waals surface area contributed by atoms with Gasteiger partial charge in [0.1, 0.15) is 5.01 Å². The largest absolute Gasteiger partial charge is 0.346 e. The Morgan fingerprint density at radius 2 is 2.05 bits per heavy atom. The predicted octanol–water partition coefficient (Wildman–Crippen LogP) is 3.79. The number of hydrogen-bond acceptors (Lipinski definition) is 4. The zero-order chi connectivity index (χ0) is 15.4. The number of rotatable bonds is 4. The highest BCUT2D eigenvalue weighted by Gasteiger charge is 2.08. The van der Waals surface area contributed by atoms with Crippen LogP contribution in [0.4, 0.5) is 0 Å². The maximum Gasteiger partial charge on any atom is 0.251 e. The van der Waals surface area contributed by atoms with Gasteiger partial charge < -0.3 is 5.32 Å². The predicted molar refractivity (Wildman–Crippen MR) is 88.0 cm³/mol. The van der Waals surface area contributed by atoms with E-state index in [-0.39, 0.29) is 5.91 Å². The number of halogens is 1. The van der Waals surface area contributed by atoms with E-state index >= 15 is 0 Å². The molecule has 3 rings (SSSR count). The van der Waals surface area contributed by atoms with Crippen LogP contribution < -0.4 is 5.32 Å². The summed E-state index contributed by atoms with van der Waals surface area (Å²) in [6.07, 6.45) is 3.50. The topological polar surface area (TPSA) is 54.9 Å². The Morgan fingerprint density at radius 1 is 1.23 bits per heavy atom. The Bertz CT molecular complexity index is 772. The summed E-state index contributed by atoms with van der Waals surface area (Å²) >= 11 is 7.34. The van der Waals surface area contributed by atoms with Gasteiger partial charge in [0.25, 0.3) is 5.91 Å². The van der Waals surface area contributed by atoms with Gasteiger partial charge in [-0.25, -0.2) is 4.98 Å². The molecule has 6 heteroatoms. The third kappa shape index (κ3) is 3.50. The van der Waals surface area contributed by atoms with Crippen LogP contribution in [0.5, 0.6) is 0 Å². The fourth-order valence-electron chi connectivity index (χ4n) is 1.88. The smallest absolute Gasteiger partial charge is 0.251 e. The molecular weight excluding hydrogens is 318 g/mol. The highest BCUT2D eigenvalue weighted by molar-refractivity contribution is 7.13. The summed E-state index contributed by atoms with van der Waals surface area (Å²) in [5.41, 5.74) is 2.38. The third-order valence-corrected chi connectivity index (χ3v) is 4.19. The van der Waals surface area contributed by atoms with Crippen LogP contribution in [-0.2, 0) is 6.54 Å². The van der Waals surface area contributed by atoms with Gasteiger partial charge in [-0.1, -0.05) is 11.6 Å². The molecule has 2 heterocycles. The molecule has 0 fully saturated rings. The molecule has 3 aromatic rings. The number of carbonyl (C=O) groups excluding carboxylic acids is 1. The normalized spacial score (nSPS) is 10.4. The van der Waals surface area contributed by atoms with Crippen molar-refractivity contribution in [1.82, 2.24) is 15.3 Å². The second-order valence-corrected chi connectivity index (χ2v) is 5.87. The highest BCUT2D eigenvalue weighted by Crippen LogP contribution is 2.22. The van der Waals surface area contributed by atoms with E-state index in [1.165, 1.54) is 11.3 Å². The Labute approximate surface area is 136 Å². The van der Waals surface area contributed by atoms with Crippen molar-refractivity contribution >= 4 is 28.8 Å². The van der Waals surface area contributed by atoms with Crippen LogP contribution >= 0.6 is 22.9 Å². The molecule has 1 amide bonds. The lowest BCUT2D eigenvalue weighted by Crippen LogP contribution is -2.22. The molecule has 1 aromatic carbocycles. The van der Waals surface area contributed by atoms with Gasteiger partial charge in [-0.05, 0) is 36.4 Å². The molecule has 2 aromatic heterocycles. The molecule has 0 bridgehead atoms. The van der Waals surface area contributed by atoms with E-state index in [0.29, 0.717) is 17.1 Å². The second kappa shape index (κ2) is 6.68. The number of nitrogens with one attached hydrogen (secondary N) is 1. The maximum absolute atomic E-state index is 12.0. The number of nitrogens with zero attached hydrogens (tertiary/aromatic N) is 2. The zero-order valence-electron chi connectivity index (χ0n) is 11.5. The number of pyridine rings is 1.